The van der Waals surface area contributed by atoms with E-state index in [1.54, 1.807) is 11.1 Å². The minimum Gasteiger partial charge on any atom is -0.326 e. The molecule has 2 amide bonds. The molecule has 0 aliphatic carbocycles. The zero-order valence-electron chi connectivity index (χ0n) is 17.0. The van der Waals surface area contributed by atoms with Gasteiger partial charge in [-0.3, -0.25) is 24.0 Å². The molecular weight excluding hydrogens is 390 g/mol. The lowest BCUT2D eigenvalue weighted by Crippen LogP contribution is -2.31. The van der Waals surface area contributed by atoms with Crippen molar-refractivity contribution in [3.63, 3.8) is 0 Å². The van der Waals surface area contributed by atoms with Crippen LogP contribution in [0.15, 0.2) is 72.9 Å². The Bertz CT molecular complexity index is 1260. The number of imidazole rings is 1. The van der Waals surface area contributed by atoms with E-state index in [0.717, 1.165) is 22.3 Å². The number of pyridine rings is 1. The second-order valence-electron chi connectivity index (χ2n) is 7.65. The molecule has 7 nitrogen and oxygen atoms in total. The van der Waals surface area contributed by atoms with E-state index < -0.39 is 6.04 Å². The first-order valence-corrected chi connectivity index (χ1v) is 10.1. The van der Waals surface area contributed by atoms with Crippen LogP contribution >= 0.6 is 0 Å². The summed E-state index contributed by atoms with van der Waals surface area (Å²) in [4.78, 5) is 36.8. The number of carbonyl (C=O) groups excluding carboxylic acids is 2. The fourth-order valence-electron chi connectivity index (χ4n) is 3.92. The van der Waals surface area contributed by atoms with Gasteiger partial charge in [0.15, 0.2) is 0 Å². The predicted molar refractivity (Wildman–Crippen MR) is 119 cm³/mol. The molecule has 0 bridgehead atoms. The lowest BCUT2D eigenvalue weighted by atomic mass is 10.1. The fourth-order valence-corrected chi connectivity index (χ4v) is 3.92. The number of fused-ring (bicyclic) bond motifs is 3. The SMILES string of the molecule is Cc1ccc(NC(=O)C[C@H]2C(=O)N(Cc3ccccn3)c3nc4ccccc4n32)cc1. The molecule has 1 aliphatic heterocycles. The molecule has 3 heterocycles. The zero-order valence-corrected chi connectivity index (χ0v) is 17.0. The number of carbonyl (C=O) groups is 2. The highest BCUT2D eigenvalue weighted by Crippen LogP contribution is 2.37. The Kier molecular flexibility index (Phi) is 4.71. The largest absolute Gasteiger partial charge is 0.326 e. The number of hydrogen-bond acceptors (Lipinski definition) is 4. The van der Waals surface area contributed by atoms with Crippen LogP contribution in [0.25, 0.3) is 11.0 Å². The first-order chi connectivity index (χ1) is 15.1. The van der Waals surface area contributed by atoms with Crippen molar-refractivity contribution in [3.8, 4) is 0 Å². The summed E-state index contributed by atoms with van der Waals surface area (Å²) in [5, 5.41) is 2.90. The van der Waals surface area contributed by atoms with Gasteiger partial charge in [-0.25, -0.2) is 4.98 Å². The van der Waals surface area contributed by atoms with E-state index in [9.17, 15) is 9.59 Å². The molecule has 0 radical (unpaired) electrons. The molecule has 0 fully saturated rings. The third kappa shape index (κ3) is 3.54. The van der Waals surface area contributed by atoms with E-state index in [2.05, 4.69) is 15.3 Å². The highest BCUT2D eigenvalue weighted by Gasteiger charge is 2.41. The van der Waals surface area contributed by atoms with Gasteiger partial charge in [0.25, 0.3) is 5.91 Å². The highest BCUT2D eigenvalue weighted by molar-refractivity contribution is 6.05. The van der Waals surface area contributed by atoms with Gasteiger partial charge in [0.2, 0.25) is 11.9 Å². The molecule has 154 valence electrons. The van der Waals surface area contributed by atoms with Crippen LogP contribution in [0, 0.1) is 6.92 Å². The normalized spacial score (nSPS) is 15.3. The molecule has 4 aromatic rings. The third-order valence-corrected chi connectivity index (χ3v) is 5.44. The molecule has 0 saturated heterocycles. The number of rotatable bonds is 5. The Hall–Kier alpha value is -4.00. The van der Waals surface area contributed by atoms with E-state index in [1.165, 1.54) is 0 Å². The minimum atomic E-state index is -0.656. The maximum absolute atomic E-state index is 13.4. The highest BCUT2D eigenvalue weighted by atomic mass is 16.2. The van der Waals surface area contributed by atoms with Crippen LogP contribution in [-0.4, -0.2) is 26.3 Å². The first-order valence-electron chi connectivity index (χ1n) is 10.1. The summed E-state index contributed by atoms with van der Waals surface area (Å²) in [6.07, 6.45) is 1.73. The van der Waals surface area contributed by atoms with Crippen molar-refractivity contribution in [1.29, 1.82) is 0 Å². The molecule has 0 saturated carbocycles. The number of aromatic nitrogens is 3. The average Bonchev–Trinajstić information content (AvgIpc) is 3.27. The van der Waals surface area contributed by atoms with Gasteiger partial charge < -0.3 is 5.32 Å². The Labute approximate surface area is 179 Å². The monoisotopic (exact) mass is 411 g/mol. The molecule has 1 aliphatic rings. The number of anilines is 2. The van der Waals surface area contributed by atoms with E-state index in [-0.39, 0.29) is 18.2 Å². The summed E-state index contributed by atoms with van der Waals surface area (Å²) >= 11 is 0. The Morgan fingerprint density at radius 1 is 1.03 bits per heavy atom. The first kappa shape index (κ1) is 19.0. The summed E-state index contributed by atoms with van der Waals surface area (Å²) in [5.41, 5.74) is 4.22. The van der Waals surface area contributed by atoms with Gasteiger partial charge in [0, 0.05) is 11.9 Å². The van der Waals surface area contributed by atoms with Crippen LogP contribution in [0.1, 0.15) is 23.7 Å². The van der Waals surface area contributed by atoms with Crippen LogP contribution in [0.5, 0.6) is 0 Å². The van der Waals surface area contributed by atoms with Crippen molar-refractivity contribution in [2.45, 2.75) is 25.9 Å². The molecule has 0 unspecified atom stereocenters. The van der Waals surface area contributed by atoms with Crippen molar-refractivity contribution in [3.05, 3.63) is 84.2 Å². The van der Waals surface area contributed by atoms with Gasteiger partial charge >= 0.3 is 0 Å². The lowest BCUT2D eigenvalue weighted by Gasteiger charge is -2.15. The molecule has 2 aromatic carbocycles. The Morgan fingerprint density at radius 3 is 2.58 bits per heavy atom. The summed E-state index contributed by atoms with van der Waals surface area (Å²) in [7, 11) is 0. The molecule has 31 heavy (non-hydrogen) atoms. The van der Waals surface area contributed by atoms with E-state index in [0.29, 0.717) is 18.2 Å². The van der Waals surface area contributed by atoms with Crippen molar-refractivity contribution in [2.75, 3.05) is 10.2 Å². The average molecular weight is 411 g/mol. The molecule has 7 heteroatoms. The standard InChI is InChI=1S/C24H21N5O2/c1-16-9-11-17(12-10-16)26-22(30)14-21-23(31)28(15-18-6-4-5-13-25-18)24-27-19-7-2-3-8-20(19)29(21)24/h2-13,21H,14-15H2,1H3,(H,26,30)/t21-/m0/s1. The van der Waals surface area contributed by atoms with E-state index >= 15 is 0 Å². The number of hydrogen-bond donors (Lipinski definition) is 1. The van der Waals surface area contributed by atoms with Gasteiger partial charge in [0.1, 0.15) is 6.04 Å². The topological polar surface area (TPSA) is 80.1 Å². The smallest absolute Gasteiger partial charge is 0.253 e. The van der Waals surface area contributed by atoms with Crippen molar-refractivity contribution < 1.29 is 9.59 Å². The second kappa shape index (κ2) is 7.68. The number of aryl methyl sites for hydroxylation is 1. The molecule has 1 atom stereocenters. The van der Waals surface area contributed by atoms with Gasteiger partial charge in [-0.15, -0.1) is 0 Å². The Morgan fingerprint density at radius 2 is 1.81 bits per heavy atom. The number of benzene rings is 2. The van der Waals surface area contributed by atoms with Gasteiger partial charge in [-0.05, 0) is 43.3 Å². The third-order valence-electron chi connectivity index (χ3n) is 5.44. The zero-order chi connectivity index (χ0) is 21.4. The lowest BCUT2D eigenvalue weighted by molar-refractivity contribution is -0.124. The predicted octanol–water partition coefficient (Wildman–Crippen LogP) is 3.86. The molecule has 5 rings (SSSR count). The van der Waals surface area contributed by atoms with Crippen LogP contribution < -0.4 is 10.2 Å². The summed E-state index contributed by atoms with van der Waals surface area (Å²) in [5.74, 6) is 0.175. The van der Waals surface area contributed by atoms with Crippen molar-refractivity contribution >= 4 is 34.5 Å². The number of amides is 2. The van der Waals surface area contributed by atoms with Gasteiger partial charge in [-0.1, -0.05) is 35.9 Å². The van der Waals surface area contributed by atoms with Crippen LogP contribution in [-0.2, 0) is 16.1 Å². The number of para-hydroxylation sites is 2. The van der Waals surface area contributed by atoms with Gasteiger partial charge in [0.05, 0.1) is 29.7 Å². The van der Waals surface area contributed by atoms with E-state index in [4.69, 9.17) is 0 Å². The maximum Gasteiger partial charge on any atom is 0.253 e. The quantitative estimate of drug-likeness (QED) is 0.541. The molecular formula is C24H21N5O2. The van der Waals surface area contributed by atoms with Crippen molar-refractivity contribution in [2.24, 2.45) is 0 Å². The van der Waals surface area contributed by atoms with E-state index in [1.807, 2.05) is 78.2 Å². The van der Waals surface area contributed by atoms with Gasteiger partial charge in [-0.2, -0.15) is 0 Å². The number of nitrogens with one attached hydrogen (secondary N) is 1. The second-order valence-corrected chi connectivity index (χ2v) is 7.65. The number of nitrogens with zero attached hydrogens (tertiary/aromatic N) is 4. The van der Waals surface area contributed by atoms with Crippen LogP contribution in [0.4, 0.5) is 11.6 Å². The summed E-state index contributed by atoms with van der Waals surface area (Å²) in [6.45, 7) is 2.30. The molecule has 1 N–H and O–H groups in total. The summed E-state index contributed by atoms with van der Waals surface area (Å²) < 4.78 is 1.87. The summed E-state index contributed by atoms with van der Waals surface area (Å²) in [6, 6.07) is 20.2. The van der Waals surface area contributed by atoms with Crippen molar-refractivity contribution in [1.82, 2.24) is 14.5 Å². The minimum absolute atomic E-state index is 0.0266. The molecule has 0 spiro atoms. The molecule has 2 aromatic heterocycles. The van der Waals surface area contributed by atoms with Crippen LogP contribution in [0.2, 0.25) is 0 Å². The Balaban J connectivity index is 1.46. The maximum atomic E-state index is 13.4. The fraction of sp³-hybridized carbons (Fsp3) is 0.167. The van der Waals surface area contributed by atoms with Crippen LogP contribution in [0.3, 0.4) is 0 Å².